The van der Waals surface area contributed by atoms with Gasteiger partial charge in [0.25, 0.3) is 0 Å². The topological polar surface area (TPSA) is 67.1 Å². The van der Waals surface area contributed by atoms with E-state index in [1.807, 2.05) is 0 Å². The average Bonchev–Trinajstić information content (AvgIpc) is 2.33. The molecule has 0 radical (unpaired) electrons. The number of nitrogens with two attached hydrogens (primary N) is 1. The number of hydrogen-bond acceptors (Lipinski definition) is 2. The van der Waals surface area contributed by atoms with Crippen molar-refractivity contribution < 1.29 is 9.18 Å². The van der Waals surface area contributed by atoms with E-state index in [-0.39, 0.29) is 5.02 Å². The van der Waals surface area contributed by atoms with Crippen molar-refractivity contribution in [1.29, 1.82) is 0 Å². The first-order valence-corrected chi connectivity index (χ1v) is 5.81. The minimum Gasteiger partial charge on any atom is -0.399 e. The van der Waals surface area contributed by atoms with E-state index in [4.69, 9.17) is 17.3 Å². The number of carbonyl (C=O) groups is 1. The largest absolute Gasteiger partial charge is 0.399 e. The highest BCUT2D eigenvalue weighted by Gasteiger charge is 2.06. The van der Waals surface area contributed by atoms with E-state index in [1.165, 1.54) is 12.1 Å². The van der Waals surface area contributed by atoms with E-state index in [0.29, 0.717) is 17.1 Å². The van der Waals surface area contributed by atoms with Gasteiger partial charge in [-0.05, 0) is 36.4 Å². The molecule has 0 saturated carbocycles. The van der Waals surface area contributed by atoms with Gasteiger partial charge in [-0.1, -0.05) is 17.7 Å². The van der Waals surface area contributed by atoms with Gasteiger partial charge in [0.2, 0.25) is 0 Å². The van der Waals surface area contributed by atoms with Gasteiger partial charge in [-0.25, -0.2) is 9.18 Å². The highest BCUT2D eigenvalue weighted by atomic mass is 35.5. The lowest BCUT2D eigenvalue weighted by molar-refractivity contribution is 0.262. The van der Waals surface area contributed by atoms with Crippen molar-refractivity contribution in [2.75, 3.05) is 16.4 Å². The molecule has 0 fully saturated rings. The Labute approximate surface area is 114 Å². The highest BCUT2D eigenvalue weighted by Crippen LogP contribution is 2.22. The number of hydrogen-bond donors (Lipinski definition) is 3. The van der Waals surface area contributed by atoms with Crippen LogP contribution in [0.25, 0.3) is 0 Å². The van der Waals surface area contributed by atoms with Gasteiger partial charge in [0.15, 0.2) is 0 Å². The Bertz CT molecular complexity index is 619. The number of urea groups is 1. The lowest BCUT2D eigenvalue weighted by Gasteiger charge is -2.09. The summed E-state index contributed by atoms with van der Waals surface area (Å²) in [7, 11) is 0. The second-order valence-electron chi connectivity index (χ2n) is 3.83. The summed E-state index contributed by atoms with van der Waals surface area (Å²) in [6.45, 7) is 0. The summed E-state index contributed by atoms with van der Waals surface area (Å²) in [5.74, 6) is -0.466. The van der Waals surface area contributed by atoms with Gasteiger partial charge in [0.05, 0.1) is 10.7 Å². The number of amides is 2. The molecular formula is C13H11ClFN3O. The standard InChI is InChI=1S/C13H11ClFN3O/c14-11-6-8(15)4-5-12(11)18-13(19)17-10-3-1-2-9(16)7-10/h1-7H,16H2,(H2,17,18,19). The molecule has 0 atom stereocenters. The molecule has 98 valence electrons. The van der Waals surface area contributed by atoms with Crippen LogP contribution in [0.4, 0.5) is 26.2 Å². The van der Waals surface area contributed by atoms with E-state index in [9.17, 15) is 9.18 Å². The molecule has 0 aliphatic heterocycles. The molecule has 0 spiro atoms. The lowest BCUT2D eigenvalue weighted by Crippen LogP contribution is -2.19. The van der Waals surface area contributed by atoms with Gasteiger partial charge in [0.1, 0.15) is 5.82 Å². The Morgan fingerprint density at radius 2 is 1.95 bits per heavy atom. The lowest BCUT2D eigenvalue weighted by atomic mass is 10.3. The third-order valence-electron chi connectivity index (χ3n) is 2.32. The SMILES string of the molecule is Nc1cccc(NC(=O)Nc2ccc(F)cc2Cl)c1. The predicted octanol–water partition coefficient (Wildman–Crippen LogP) is 3.71. The molecule has 0 aliphatic rings. The fourth-order valence-corrected chi connectivity index (χ4v) is 1.71. The minimum atomic E-state index is -0.487. The number of halogens is 2. The Morgan fingerprint density at radius 3 is 2.63 bits per heavy atom. The van der Waals surface area contributed by atoms with Gasteiger partial charge in [-0.15, -0.1) is 0 Å². The predicted molar refractivity (Wildman–Crippen MR) is 74.9 cm³/mol. The van der Waals surface area contributed by atoms with Crippen molar-refractivity contribution in [2.24, 2.45) is 0 Å². The van der Waals surface area contributed by atoms with Crippen LogP contribution in [0.1, 0.15) is 0 Å². The molecule has 4 N–H and O–H groups in total. The maximum absolute atomic E-state index is 12.8. The first-order valence-electron chi connectivity index (χ1n) is 5.43. The quantitative estimate of drug-likeness (QED) is 0.734. The summed E-state index contributed by atoms with van der Waals surface area (Å²) in [5.41, 5.74) is 7.01. The monoisotopic (exact) mass is 279 g/mol. The van der Waals surface area contributed by atoms with Gasteiger partial charge in [-0.3, -0.25) is 0 Å². The van der Waals surface area contributed by atoms with Gasteiger partial charge >= 0.3 is 6.03 Å². The van der Waals surface area contributed by atoms with Gasteiger partial charge in [-0.2, -0.15) is 0 Å². The van der Waals surface area contributed by atoms with Crippen molar-refractivity contribution >= 4 is 34.7 Å². The van der Waals surface area contributed by atoms with Gasteiger partial charge in [0, 0.05) is 11.4 Å². The highest BCUT2D eigenvalue weighted by molar-refractivity contribution is 6.33. The molecule has 0 unspecified atom stereocenters. The Morgan fingerprint density at radius 1 is 1.16 bits per heavy atom. The van der Waals surface area contributed by atoms with Crippen LogP contribution in [0.15, 0.2) is 42.5 Å². The fraction of sp³-hybridized carbons (Fsp3) is 0. The zero-order valence-corrected chi connectivity index (χ0v) is 10.5. The Hall–Kier alpha value is -2.27. The second-order valence-corrected chi connectivity index (χ2v) is 4.24. The molecule has 0 heterocycles. The van der Waals surface area contributed by atoms with Crippen molar-refractivity contribution in [3.05, 3.63) is 53.3 Å². The molecule has 0 aromatic heterocycles. The van der Waals surface area contributed by atoms with Crippen LogP contribution < -0.4 is 16.4 Å². The summed E-state index contributed by atoms with van der Waals surface area (Å²) in [6.07, 6.45) is 0. The van der Waals surface area contributed by atoms with Crippen molar-refractivity contribution in [3.63, 3.8) is 0 Å². The molecule has 4 nitrogen and oxygen atoms in total. The molecule has 2 amide bonds. The van der Waals surface area contributed by atoms with Crippen LogP contribution in [0, 0.1) is 5.82 Å². The number of nitrogen functional groups attached to an aromatic ring is 1. The number of carbonyl (C=O) groups excluding carboxylic acids is 1. The van der Waals surface area contributed by atoms with Gasteiger partial charge < -0.3 is 16.4 Å². The number of nitrogens with one attached hydrogen (secondary N) is 2. The number of anilines is 3. The Kier molecular flexibility index (Phi) is 3.87. The van der Waals surface area contributed by atoms with E-state index in [0.717, 1.165) is 6.07 Å². The molecule has 0 aliphatic carbocycles. The summed E-state index contributed by atoms with van der Waals surface area (Å²) >= 11 is 5.80. The summed E-state index contributed by atoms with van der Waals surface area (Å²) in [6, 6.07) is 9.97. The smallest absolute Gasteiger partial charge is 0.323 e. The van der Waals surface area contributed by atoms with E-state index in [2.05, 4.69) is 10.6 Å². The van der Waals surface area contributed by atoms with Crippen LogP contribution in [0.3, 0.4) is 0 Å². The molecule has 0 saturated heterocycles. The molecule has 6 heteroatoms. The summed E-state index contributed by atoms with van der Waals surface area (Å²) < 4.78 is 12.8. The van der Waals surface area contributed by atoms with Crippen LogP contribution >= 0.6 is 11.6 Å². The summed E-state index contributed by atoms with van der Waals surface area (Å²) in [4.78, 5) is 11.7. The normalized spacial score (nSPS) is 10.0. The summed E-state index contributed by atoms with van der Waals surface area (Å²) in [5, 5.41) is 5.23. The van der Waals surface area contributed by atoms with Crippen LogP contribution in [0.2, 0.25) is 5.02 Å². The Balaban J connectivity index is 2.05. The van der Waals surface area contributed by atoms with Crippen LogP contribution in [-0.2, 0) is 0 Å². The first kappa shape index (κ1) is 13.2. The first-order chi connectivity index (χ1) is 9.04. The van der Waals surface area contributed by atoms with E-state index >= 15 is 0 Å². The molecular weight excluding hydrogens is 269 g/mol. The zero-order chi connectivity index (χ0) is 13.8. The zero-order valence-electron chi connectivity index (χ0n) is 9.78. The van der Waals surface area contributed by atoms with Crippen molar-refractivity contribution in [3.8, 4) is 0 Å². The molecule has 0 bridgehead atoms. The van der Waals surface area contributed by atoms with E-state index < -0.39 is 11.8 Å². The number of rotatable bonds is 2. The molecule has 2 aromatic carbocycles. The van der Waals surface area contributed by atoms with Crippen LogP contribution in [0.5, 0.6) is 0 Å². The van der Waals surface area contributed by atoms with Crippen molar-refractivity contribution in [1.82, 2.24) is 0 Å². The van der Waals surface area contributed by atoms with Crippen molar-refractivity contribution in [2.45, 2.75) is 0 Å². The third-order valence-corrected chi connectivity index (χ3v) is 2.64. The fourth-order valence-electron chi connectivity index (χ4n) is 1.49. The molecule has 2 rings (SSSR count). The van der Waals surface area contributed by atoms with Crippen LogP contribution in [-0.4, -0.2) is 6.03 Å². The van der Waals surface area contributed by atoms with E-state index in [1.54, 1.807) is 24.3 Å². The average molecular weight is 280 g/mol. The third kappa shape index (κ3) is 3.59. The molecule has 2 aromatic rings. The second kappa shape index (κ2) is 5.58. The number of benzene rings is 2. The minimum absolute atomic E-state index is 0.128. The maximum Gasteiger partial charge on any atom is 0.323 e. The maximum atomic E-state index is 12.8. The molecule has 19 heavy (non-hydrogen) atoms.